The highest BCUT2D eigenvalue weighted by Crippen LogP contribution is 2.31. The van der Waals surface area contributed by atoms with Crippen molar-refractivity contribution < 1.29 is 9.13 Å². The van der Waals surface area contributed by atoms with Crippen molar-refractivity contribution in [1.82, 2.24) is 19.7 Å². The van der Waals surface area contributed by atoms with E-state index < -0.39 is 0 Å². The standard InChI is InChI=1S/C17H14N4OS.CH3F/c1-3-12(2)21-15(19-20-17(21)23)14-10-7-11-18-16(14)22-13-8-5-4-6-9-13;1-2/h3-11H,1-2H2,(H,20,23);1H3. The fourth-order valence-electron chi connectivity index (χ4n) is 2.08. The van der Waals surface area contributed by atoms with Crippen LogP contribution in [0, 0.1) is 4.77 Å². The number of aromatic nitrogens is 4. The van der Waals surface area contributed by atoms with Crippen LogP contribution in [0.1, 0.15) is 0 Å². The average Bonchev–Trinajstić information content (AvgIpc) is 3.05. The number of hydrogen-bond donors (Lipinski definition) is 1. The molecule has 5 nitrogen and oxygen atoms in total. The molecule has 7 heteroatoms. The van der Waals surface area contributed by atoms with Crippen molar-refractivity contribution in [3.05, 3.63) is 72.7 Å². The molecular formula is C18H17FN4OS. The molecule has 0 amide bonds. The Morgan fingerprint density at radius 2 is 1.96 bits per heavy atom. The molecule has 0 aliphatic heterocycles. The number of H-pyrrole nitrogens is 1. The van der Waals surface area contributed by atoms with Gasteiger partial charge < -0.3 is 4.74 Å². The van der Waals surface area contributed by atoms with Crippen molar-refractivity contribution in [2.45, 2.75) is 0 Å². The summed E-state index contributed by atoms with van der Waals surface area (Å²) in [4.78, 5) is 4.31. The van der Waals surface area contributed by atoms with Crippen LogP contribution in [-0.4, -0.2) is 26.9 Å². The molecule has 0 fully saturated rings. The van der Waals surface area contributed by atoms with Crippen LogP contribution in [0.25, 0.3) is 17.1 Å². The van der Waals surface area contributed by atoms with E-state index in [0.717, 1.165) is 0 Å². The lowest BCUT2D eigenvalue weighted by Gasteiger charge is -2.11. The molecule has 0 bridgehead atoms. The van der Waals surface area contributed by atoms with Gasteiger partial charge in [-0.05, 0) is 42.6 Å². The van der Waals surface area contributed by atoms with E-state index in [1.807, 2.05) is 42.5 Å². The molecule has 0 spiro atoms. The predicted molar refractivity (Wildman–Crippen MR) is 99.7 cm³/mol. The molecule has 1 N–H and O–H groups in total. The number of hydrogen-bond acceptors (Lipinski definition) is 4. The molecular weight excluding hydrogens is 339 g/mol. The lowest BCUT2D eigenvalue weighted by Crippen LogP contribution is -1.99. The van der Waals surface area contributed by atoms with Gasteiger partial charge >= 0.3 is 0 Å². The summed E-state index contributed by atoms with van der Waals surface area (Å²) < 4.78 is 17.5. The maximum atomic E-state index is 9.50. The zero-order chi connectivity index (χ0) is 18.2. The molecule has 0 saturated heterocycles. The van der Waals surface area contributed by atoms with E-state index in [1.165, 1.54) is 0 Å². The van der Waals surface area contributed by atoms with Gasteiger partial charge in [0.1, 0.15) is 5.75 Å². The summed E-state index contributed by atoms with van der Waals surface area (Å²) >= 11 is 5.26. The van der Waals surface area contributed by atoms with E-state index in [4.69, 9.17) is 17.0 Å². The number of nitrogens with zero attached hydrogens (tertiary/aromatic N) is 3. The summed E-state index contributed by atoms with van der Waals surface area (Å²) in [7, 11) is 0.500. The maximum absolute atomic E-state index is 9.50. The Morgan fingerprint density at radius 3 is 2.64 bits per heavy atom. The number of allylic oxidation sites excluding steroid dienone is 2. The molecule has 0 atom stereocenters. The largest absolute Gasteiger partial charge is 0.438 e. The van der Waals surface area contributed by atoms with Gasteiger partial charge in [-0.3, -0.25) is 14.1 Å². The second-order valence-electron chi connectivity index (χ2n) is 4.65. The van der Waals surface area contributed by atoms with Crippen LogP contribution in [-0.2, 0) is 0 Å². The van der Waals surface area contributed by atoms with Crippen LogP contribution in [0.5, 0.6) is 11.6 Å². The Morgan fingerprint density at radius 1 is 1.24 bits per heavy atom. The Hall–Kier alpha value is -3.06. The SMILES string of the molecule is C=CC(=C)n1c(-c2cccnc2Oc2ccccc2)n[nH]c1=S.CF. The number of nitrogens with one attached hydrogen (secondary N) is 1. The fourth-order valence-corrected chi connectivity index (χ4v) is 2.33. The molecule has 0 radical (unpaired) electrons. The second-order valence-corrected chi connectivity index (χ2v) is 5.04. The van der Waals surface area contributed by atoms with Crippen molar-refractivity contribution in [2.24, 2.45) is 0 Å². The number of ether oxygens (including phenoxy) is 1. The highest BCUT2D eigenvalue weighted by atomic mass is 32.1. The minimum Gasteiger partial charge on any atom is -0.438 e. The first-order valence-electron chi connectivity index (χ1n) is 7.26. The van der Waals surface area contributed by atoms with E-state index in [-0.39, 0.29) is 0 Å². The molecule has 3 rings (SSSR count). The highest BCUT2D eigenvalue weighted by Gasteiger charge is 2.16. The minimum absolute atomic E-state index is 0.430. The first-order valence-corrected chi connectivity index (χ1v) is 7.66. The molecule has 3 aromatic rings. The maximum Gasteiger partial charge on any atom is 0.230 e. The summed E-state index contributed by atoms with van der Waals surface area (Å²) in [5.41, 5.74) is 1.32. The average molecular weight is 356 g/mol. The third-order valence-electron chi connectivity index (χ3n) is 3.16. The monoisotopic (exact) mass is 356 g/mol. The number of halogens is 1. The van der Waals surface area contributed by atoms with E-state index in [1.54, 1.807) is 16.8 Å². The second kappa shape index (κ2) is 8.70. The lowest BCUT2D eigenvalue weighted by molar-refractivity contribution is 0.464. The van der Waals surface area contributed by atoms with Crippen LogP contribution >= 0.6 is 12.2 Å². The first kappa shape index (κ1) is 18.3. The minimum atomic E-state index is 0.430. The third kappa shape index (κ3) is 4.07. The van der Waals surface area contributed by atoms with E-state index >= 15 is 0 Å². The third-order valence-corrected chi connectivity index (χ3v) is 3.44. The van der Waals surface area contributed by atoms with E-state index in [0.29, 0.717) is 40.7 Å². The molecule has 0 aliphatic carbocycles. The highest BCUT2D eigenvalue weighted by molar-refractivity contribution is 7.71. The smallest absolute Gasteiger partial charge is 0.230 e. The van der Waals surface area contributed by atoms with Crippen LogP contribution < -0.4 is 4.74 Å². The van der Waals surface area contributed by atoms with Gasteiger partial charge in [0, 0.05) is 11.9 Å². The molecule has 0 saturated carbocycles. The van der Waals surface area contributed by atoms with Gasteiger partial charge in [-0.15, -0.1) is 0 Å². The molecule has 25 heavy (non-hydrogen) atoms. The molecule has 128 valence electrons. The summed E-state index contributed by atoms with van der Waals surface area (Å²) in [5.74, 6) is 1.69. The number of para-hydroxylation sites is 1. The van der Waals surface area contributed by atoms with E-state index in [9.17, 15) is 4.39 Å². The number of alkyl halides is 1. The van der Waals surface area contributed by atoms with Gasteiger partial charge in [-0.1, -0.05) is 31.4 Å². The van der Waals surface area contributed by atoms with Crippen molar-refractivity contribution in [3.8, 4) is 23.0 Å². The molecule has 0 aliphatic rings. The van der Waals surface area contributed by atoms with Crippen molar-refractivity contribution in [2.75, 3.05) is 7.18 Å². The van der Waals surface area contributed by atoms with Crippen molar-refractivity contribution in [3.63, 3.8) is 0 Å². The lowest BCUT2D eigenvalue weighted by atomic mass is 10.2. The summed E-state index contributed by atoms with van der Waals surface area (Å²) in [5, 5.41) is 7.04. The van der Waals surface area contributed by atoms with Gasteiger partial charge in [0.15, 0.2) is 10.6 Å². The van der Waals surface area contributed by atoms with Gasteiger partial charge in [0.2, 0.25) is 5.88 Å². The van der Waals surface area contributed by atoms with Crippen LogP contribution in [0.15, 0.2) is 67.9 Å². The van der Waals surface area contributed by atoms with Crippen molar-refractivity contribution >= 4 is 17.9 Å². The number of benzene rings is 1. The number of rotatable bonds is 5. The Kier molecular flexibility index (Phi) is 6.36. The Labute approximate surface area is 150 Å². The number of aromatic amines is 1. The quantitative estimate of drug-likeness (QED) is 0.514. The molecule has 1 aromatic carbocycles. The first-order chi connectivity index (χ1) is 12.2. The van der Waals surface area contributed by atoms with Crippen molar-refractivity contribution in [1.29, 1.82) is 0 Å². The van der Waals surface area contributed by atoms with Gasteiger partial charge in [-0.25, -0.2) is 4.98 Å². The Balaban J connectivity index is 0.00000109. The van der Waals surface area contributed by atoms with Crippen LogP contribution in [0.4, 0.5) is 4.39 Å². The van der Waals surface area contributed by atoms with Gasteiger partial charge in [0.05, 0.1) is 12.7 Å². The fraction of sp³-hybridized carbons (Fsp3) is 0.0556. The predicted octanol–water partition coefficient (Wildman–Crippen LogP) is 5.04. The summed E-state index contributed by atoms with van der Waals surface area (Å²) in [6.45, 7) is 7.66. The Bertz CT molecular complexity index is 918. The number of pyridine rings is 1. The zero-order valence-corrected chi connectivity index (χ0v) is 14.5. The summed E-state index contributed by atoms with van der Waals surface area (Å²) in [6.07, 6.45) is 3.28. The van der Waals surface area contributed by atoms with E-state index in [2.05, 4.69) is 28.3 Å². The zero-order valence-electron chi connectivity index (χ0n) is 13.6. The van der Waals surface area contributed by atoms with Crippen LogP contribution in [0.3, 0.4) is 0 Å². The van der Waals surface area contributed by atoms with Gasteiger partial charge in [0.25, 0.3) is 0 Å². The normalized spacial score (nSPS) is 9.68. The molecule has 2 heterocycles. The summed E-state index contributed by atoms with van der Waals surface area (Å²) in [6, 6.07) is 13.1. The van der Waals surface area contributed by atoms with Gasteiger partial charge in [-0.2, -0.15) is 5.10 Å². The molecule has 0 unspecified atom stereocenters. The van der Waals surface area contributed by atoms with Crippen LogP contribution in [0.2, 0.25) is 0 Å². The molecule has 2 aromatic heterocycles. The topological polar surface area (TPSA) is 55.7 Å².